The number of fused-ring (bicyclic) bond motifs is 12. The first kappa shape index (κ1) is 48.4. The van der Waals surface area contributed by atoms with Gasteiger partial charge in [0.15, 0.2) is 46.0 Å². The highest BCUT2D eigenvalue weighted by atomic mass is 16.6. The summed E-state index contributed by atoms with van der Waals surface area (Å²) in [6.45, 7) is -12.3. The van der Waals surface area contributed by atoms with Gasteiger partial charge < -0.3 is 79.8 Å². The normalized spacial score (nSPS) is 39.9. The summed E-state index contributed by atoms with van der Waals surface area (Å²) >= 11 is 0. The predicted octanol–water partition coefficient (Wildman–Crippen LogP) is 14.3. The Labute approximate surface area is 789 Å². The number of hydrogen-bond acceptors (Lipinski definition) is 24. The van der Waals surface area contributed by atoms with Crippen LogP contribution in [0.2, 0.25) is 0 Å². The molecule has 0 saturated carbocycles. The van der Waals surface area contributed by atoms with Crippen molar-refractivity contribution < 1.29 is 145 Å². The number of esters is 4. The standard InChI is InChI=1S/4C24H38N2O4/c4*1-14(2)9-17-13-26-8-7-16-10-21(28-5)22(29-6)11-18(16)19(26)12-20(17)30-24(27)23(25)15(3)4/h4*10-11,14-15,17,19-20,23H,7-9,12-13,25H2,1-6H3/t4*17?,19?,20?,23-/m0000/s1/i2*1D3,5D3,9D2,12D2,13D2,14D,17D;2*1D3,9D2,12D2,13D2,14D,17D/t4*14?,17?,19?,20?,23-. The minimum Gasteiger partial charge on any atom is -0.493 e. The zero-order chi connectivity index (χ0) is 132. The smallest absolute Gasteiger partial charge is 0.323 e. The van der Waals surface area contributed by atoms with Crippen molar-refractivity contribution in [2.45, 2.75) is 260 Å². The first-order valence-electron chi connectivity index (χ1n) is 64.4. The van der Waals surface area contributed by atoms with Crippen LogP contribution in [0.15, 0.2) is 48.5 Å². The molecule has 8 aliphatic rings. The molecular weight excluding hydrogens is 1520 g/mol. The Kier molecular flexibility index (Phi) is 17.7. The molecule has 4 fully saturated rings. The molecule has 16 unspecified atom stereocenters. The second-order valence-corrected chi connectivity index (χ2v) is 30.9. The first-order chi connectivity index (χ1) is 76.1. The van der Waals surface area contributed by atoms with Crippen LogP contribution >= 0.6 is 0 Å². The zero-order valence-corrected chi connectivity index (χ0v) is 71.1. The zero-order valence-electron chi connectivity index (χ0n) is 121. The van der Waals surface area contributed by atoms with E-state index in [1.54, 1.807) is 67.5 Å². The van der Waals surface area contributed by atoms with Crippen molar-refractivity contribution in [1.29, 1.82) is 0 Å². The number of ether oxygens (including phenoxy) is 12. The van der Waals surface area contributed by atoms with E-state index < -0.39 is 286 Å². The molecule has 120 heavy (non-hydrogen) atoms. The number of carbonyl (C=O) groups is 4. The number of piperidine rings is 4. The second-order valence-electron chi connectivity index (χ2n) is 30.9. The van der Waals surface area contributed by atoms with Crippen LogP contribution in [0.3, 0.4) is 0 Å². The van der Waals surface area contributed by atoms with E-state index in [1.807, 2.05) is 0 Å². The summed E-state index contributed by atoms with van der Waals surface area (Å²) in [7, 11) is 2.25. The molecule has 8 aliphatic heterocycles. The molecule has 672 valence electrons. The third-order valence-electron chi connectivity index (χ3n) is 20.8. The van der Waals surface area contributed by atoms with Crippen LogP contribution in [0.25, 0.3) is 0 Å². The molecule has 4 saturated heterocycles. The summed E-state index contributed by atoms with van der Waals surface area (Å²) in [6, 6.07) is -0.682. The van der Waals surface area contributed by atoms with E-state index in [9.17, 15) is 35.6 Å². The van der Waals surface area contributed by atoms with Crippen LogP contribution < -0.4 is 60.8 Å². The second kappa shape index (κ2) is 43.9. The largest absolute Gasteiger partial charge is 0.493 e. The number of rotatable bonds is 28. The first-order valence-corrected chi connectivity index (χ1v) is 39.4. The molecule has 4 aromatic rings. The summed E-state index contributed by atoms with van der Waals surface area (Å²) in [6.07, 6.45) is -36.6. The van der Waals surface area contributed by atoms with Gasteiger partial charge in [-0.05, 0) is 191 Å². The average molecular weight is 1720 g/mol. The quantitative estimate of drug-likeness (QED) is 0.0303. The van der Waals surface area contributed by atoms with E-state index in [2.05, 4.69) is 0 Å². The number of nitrogens with two attached hydrogens (primary N) is 4. The topological polar surface area (TPSA) is 296 Å². The third-order valence-corrected chi connectivity index (χ3v) is 20.8. The Morgan fingerprint density at radius 2 is 0.550 bits per heavy atom. The van der Waals surface area contributed by atoms with Crippen molar-refractivity contribution in [3.8, 4) is 46.0 Å². The highest BCUT2D eigenvalue weighted by Gasteiger charge is 2.47. The van der Waals surface area contributed by atoms with E-state index in [0.717, 1.165) is 19.6 Å². The minimum absolute atomic E-state index is 0.0536. The summed E-state index contributed by atoms with van der Waals surface area (Å²) < 4.78 is 493. The van der Waals surface area contributed by atoms with Crippen molar-refractivity contribution in [2.24, 2.45) is 93.8 Å². The van der Waals surface area contributed by atoms with Crippen LogP contribution in [0.5, 0.6) is 46.0 Å². The highest BCUT2D eigenvalue weighted by Crippen LogP contribution is 2.50. The van der Waals surface area contributed by atoms with Crippen LogP contribution in [0, 0.1) is 70.8 Å². The summed E-state index contributed by atoms with van der Waals surface area (Å²) in [5.74, 6) is -33.4. The van der Waals surface area contributed by atoms with Crippen LogP contribution in [-0.2, 0) is 63.8 Å². The van der Waals surface area contributed by atoms with Crippen molar-refractivity contribution in [2.75, 3.05) is 109 Å². The Morgan fingerprint density at radius 1 is 0.358 bits per heavy atom. The number of benzene rings is 4. The van der Waals surface area contributed by atoms with Gasteiger partial charge in [0.2, 0.25) is 0 Å². The van der Waals surface area contributed by atoms with Gasteiger partial charge >= 0.3 is 23.9 Å². The lowest BCUT2D eigenvalue weighted by atomic mass is 9.79. The maximum absolute atomic E-state index is 13.2. The lowest BCUT2D eigenvalue weighted by Crippen LogP contribution is -2.51. The lowest BCUT2D eigenvalue weighted by Gasteiger charge is -2.47. The Bertz CT molecular complexity index is 6000. The predicted molar refractivity (Wildman–Crippen MR) is 471 cm³/mol. The van der Waals surface area contributed by atoms with E-state index in [-0.39, 0.29) is 109 Å². The molecule has 0 radical (unpaired) electrons. The van der Waals surface area contributed by atoms with Gasteiger partial charge in [-0.15, -0.1) is 0 Å². The van der Waals surface area contributed by atoms with Gasteiger partial charge in [-0.25, -0.2) is 0 Å². The molecule has 24 nitrogen and oxygen atoms in total. The monoisotopic (exact) mass is 1720 g/mol. The average Bonchev–Trinajstić information content (AvgIpc) is 0.675. The molecule has 20 atom stereocenters. The Hall–Kier alpha value is -7.16. The van der Waals surface area contributed by atoms with Gasteiger partial charge in [0, 0.05) is 186 Å². The van der Waals surface area contributed by atoms with Crippen LogP contribution in [-0.4, -0.2) is 201 Å². The molecule has 0 aromatic heterocycles. The fraction of sp³-hybridized carbons (Fsp3) is 0.708. The van der Waals surface area contributed by atoms with Crippen molar-refractivity contribution >= 4 is 23.9 Å². The van der Waals surface area contributed by atoms with Gasteiger partial charge in [-0.1, -0.05) is 110 Å². The van der Waals surface area contributed by atoms with Crippen molar-refractivity contribution in [3.63, 3.8) is 0 Å². The van der Waals surface area contributed by atoms with Crippen LogP contribution in [0.1, 0.15) is 299 Å². The SMILES string of the molecule is [2H]C([2H])([2H])Oc1cc2c(cc1OC)C1N(CC2)C([2H])([2H])C([2H])(C([2H])([2H])C([2H])(C)C([2H])([2H])[2H])C(OC(=O)[C@@H](N)C(C)C)C1([2H])[2H].[2H]C([2H])([2H])Oc1cc2c(cc1OC)C1N(CC2)C([2H])([2H])C([2H])(C([2H])([2H])C([2H])(C)C([2H])([2H])[2H])C(OC(=O)[C@@H](N)C(C)C)C1([2H])[2H].[2H]C1([2H])C2c3cc(OC)c(OC)cc3CCN2C([2H])([2H])C([2H])(C([2H])([2H])C([2H])(C)C([2H])([2H])[2H])C1OC(=O)[C@@H](N)C(C)C.[2H]C1([2H])C2c3cc(OC)c(OC)cc3CCN2C([2H])([2H])C([2H])(C([2H])([2H])C([2H])(C)C([2H])([2H])[2H])C1OC(=O)[C@@H](N)C(C)C. The molecule has 0 bridgehead atoms. The van der Waals surface area contributed by atoms with Gasteiger partial charge in [0.05, 0.1) is 65.0 Å². The highest BCUT2D eigenvalue weighted by molar-refractivity contribution is 5.77. The molecule has 8 N–H and O–H groups in total. The fourth-order valence-electron chi connectivity index (χ4n) is 14.0. The maximum Gasteiger partial charge on any atom is 0.323 e. The third kappa shape index (κ3) is 23.8. The Morgan fingerprint density at radius 3 is 0.725 bits per heavy atom. The summed E-state index contributed by atoms with van der Waals surface area (Å²) in [5.41, 5.74) is 26.2. The van der Waals surface area contributed by atoms with Crippen molar-refractivity contribution in [3.05, 3.63) is 93.0 Å². The number of carbonyl (C=O) groups excluding carboxylic acids is 4. The summed E-state index contributed by atoms with van der Waals surface area (Å²) in [4.78, 5) is 56.3. The molecule has 4 aromatic carbocycles. The van der Waals surface area contributed by atoms with Gasteiger partial charge in [-0.2, -0.15) is 0 Å². The molecule has 8 heterocycles. The van der Waals surface area contributed by atoms with Gasteiger partial charge in [0.1, 0.15) is 48.6 Å². The molecule has 0 spiro atoms. The van der Waals surface area contributed by atoms with Crippen molar-refractivity contribution in [1.82, 2.24) is 19.6 Å². The molecule has 0 amide bonds. The maximum atomic E-state index is 13.2. The van der Waals surface area contributed by atoms with E-state index in [1.165, 1.54) is 79.1 Å². The van der Waals surface area contributed by atoms with Gasteiger partial charge in [0.25, 0.3) is 0 Å². The lowest BCUT2D eigenvalue weighted by molar-refractivity contribution is -0.161. The fourth-order valence-corrected chi connectivity index (χ4v) is 14.0. The minimum atomic E-state index is -3.69. The van der Waals surface area contributed by atoms with E-state index >= 15 is 0 Å². The van der Waals surface area contributed by atoms with E-state index in [0.29, 0.717) is 61.4 Å². The van der Waals surface area contributed by atoms with Crippen LogP contribution in [0.4, 0.5) is 0 Å². The molecular formula is C96H152N8O16. The van der Waals surface area contributed by atoms with Gasteiger partial charge in [-0.3, -0.25) is 38.8 Å². The number of methoxy groups -OCH3 is 8. The number of hydrogen-bond donors (Lipinski definition) is 4. The molecule has 24 heteroatoms. The number of nitrogens with zero attached hydrogens (tertiary/aromatic N) is 4. The molecule has 12 rings (SSSR count). The Balaban J connectivity index is 0.000000249. The summed E-state index contributed by atoms with van der Waals surface area (Å²) in [5, 5.41) is 0. The molecule has 0 aliphatic carbocycles. The van der Waals surface area contributed by atoms with E-state index in [4.69, 9.17) is 132 Å².